The molecule has 0 unspecified atom stereocenters. The number of aryl methyl sites for hydroxylation is 1. The summed E-state index contributed by atoms with van der Waals surface area (Å²) in [6.45, 7) is 4.03. The molecule has 0 bridgehead atoms. The van der Waals surface area contributed by atoms with Crippen LogP contribution in [0.5, 0.6) is 0 Å². The molecular formula is C16H20N2OS. The minimum absolute atomic E-state index is 0.113. The maximum absolute atomic E-state index is 12.3. The Labute approximate surface area is 123 Å². The Bertz CT molecular complexity index is 611. The molecular weight excluding hydrogens is 268 g/mol. The van der Waals surface area contributed by atoms with Crippen molar-refractivity contribution >= 4 is 17.2 Å². The van der Waals surface area contributed by atoms with Gasteiger partial charge in [0.25, 0.3) is 0 Å². The highest BCUT2D eigenvalue weighted by Gasteiger charge is 2.06. The van der Waals surface area contributed by atoms with Crippen molar-refractivity contribution in [2.45, 2.75) is 39.2 Å². The van der Waals surface area contributed by atoms with Gasteiger partial charge in [-0.05, 0) is 50.3 Å². The summed E-state index contributed by atoms with van der Waals surface area (Å²) in [7, 11) is 0. The average molecular weight is 288 g/mol. The first kappa shape index (κ1) is 14.7. The summed E-state index contributed by atoms with van der Waals surface area (Å²) in [5.74, 6) is 0.113. The Balaban J connectivity index is 2.02. The SMILES string of the molecule is CC(C)N=c1ccccn1C(=O)CCCc1cccs1. The molecule has 0 saturated carbocycles. The van der Waals surface area contributed by atoms with Crippen molar-refractivity contribution < 1.29 is 4.79 Å². The fraction of sp³-hybridized carbons (Fsp3) is 0.375. The zero-order valence-electron chi connectivity index (χ0n) is 12.0. The summed E-state index contributed by atoms with van der Waals surface area (Å²) in [6, 6.07) is 10.0. The molecule has 106 valence electrons. The van der Waals surface area contributed by atoms with Crippen molar-refractivity contribution in [2.75, 3.05) is 0 Å². The zero-order chi connectivity index (χ0) is 14.4. The Morgan fingerprint density at radius 1 is 1.30 bits per heavy atom. The number of thiophene rings is 1. The molecule has 2 aromatic heterocycles. The average Bonchev–Trinajstić information content (AvgIpc) is 2.91. The molecule has 2 rings (SSSR count). The molecule has 2 aromatic rings. The van der Waals surface area contributed by atoms with Crippen LogP contribution in [0.3, 0.4) is 0 Å². The number of nitrogens with zero attached hydrogens (tertiary/aromatic N) is 2. The first-order chi connectivity index (χ1) is 9.66. The number of carbonyl (C=O) groups is 1. The van der Waals surface area contributed by atoms with Crippen molar-refractivity contribution in [2.24, 2.45) is 4.99 Å². The Kier molecular flexibility index (Phi) is 5.30. The Morgan fingerprint density at radius 2 is 2.15 bits per heavy atom. The van der Waals surface area contributed by atoms with E-state index in [-0.39, 0.29) is 11.9 Å². The molecule has 0 aliphatic carbocycles. The van der Waals surface area contributed by atoms with Crippen LogP contribution in [-0.4, -0.2) is 16.5 Å². The molecule has 0 atom stereocenters. The molecule has 0 fully saturated rings. The second kappa shape index (κ2) is 7.20. The van der Waals surface area contributed by atoms with E-state index in [0.717, 1.165) is 18.3 Å². The third-order valence-electron chi connectivity index (χ3n) is 2.89. The number of aromatic nitrogens is 1. The van der Waals surface area contributed by atoms with Gasteiger partial charge in [-0.2, -0.15) is 0 Å². The number of carbonyl (C=O) groups excluding carboxylic acids is 1. The van der Waals surface area contributed by atoms with Crippen molar-refractivity contribution in [3.8, 4) is 0 Å². The van der Waals surface area contributed by atoms with Crippen LogP contribution >= 0.6 is 11.3 Å². The fourth-order valence-corrected chi connectivity index (χ4v) is 2.76. The van der Waals surface area contributed by atoms with E-state index in [1.165, 1.54) is 4.88 Å². The topological polar surface area (TPSA) is 34.4 Å². The lowest BCUT2D eigenvalue weighted by Crippen LogP contribution is -2.27. The summed E-state index contributed by atoms with van der Waals surface area (Å²) in [5.41, 5.74) is 0.739. The molecule has 20 heavy (non-hydrogen) atoms. The van der Waals surface area contributed by atoms with Gasteiger partial charge < -0.3 is 0 Å². The quantitative estimate of drug-likeness (QED) is 0.829. The van der Waals surface area contributed by atoms with Gasteiger partial charge in [-0.1, -0.05) is 12.1 Å². The number of pyridine rings is 1. The Hall–Kier alpha value is -1.68. The van der Waals surface area contributed by atoms with Crippen LogP contribution < -0.4 is 5.49 Å². The largest absolute Gasteiger partial charge is 0.274 e. The highest BCUT2D eigenvalue weighted by molar-refractivity contribution is 7.09. The first-order valence-electron chi connectivity index (χ1n) is 6.94. The molecule has 0 radical (unpaired) electrons. The predicted octanol–water partition coefficient (Wildman–Crippen LogP) is 3.52. The smallest absolute Gasteiger partial charge is 0.232 e. The van der Waals surface area contributed by atoms with Crippen LogP contribution in [0.15, 0.2) is 46.9 Å². The first-order valence-corrected chi connectivity index (χ1v) is 7.82. The minimum atomic E-state index is 0.113. The molecule has 0 aliphatic rings. The van der Waals surface area contributed by atoms with Crippen LogP contribution in [0, 0.1) is 0 Å². The van der Waals surface area contributed by atoms with Crippen molar-refractivity contribution in [1.29, 1.82) is 0 Å². The molecule has 3 nitrogen and oxygen atoms in total. The lowest BCUT2D eigenvalue weighted by atomic mass is 10.2. The monoisotopic (exact) mass is 288 g/mol. The lowest BCUT2D eigenvalue weighted by Gasteiger charge is -2.06. The molecule has 2 heterocycles. The summed E-state index contributed by atoms with van der Waals surface area (Å²) in [5, 5.41) is 2.07. The lowest BCUT2D eigenvalue weighted by molar-refractivity contribution is 0.0894. The minimum Gasteiger partial charge on any atom is -0.274 e. The summed E-state index contributed by atoms with van der Waals surface area (Å²) in [6.07, 6.45) is 4.19. The fourth-order valence-electron chi connectivity index (χ4n) is 2.00. The standard InChI is InChI=1S/C16H20N2OS/c1-13(2)17-15-9-3-4-11-18(15)16(19)10-5-7-14-8-6-12-20-14/h3-4,6,8-9,11-13H,5,7,10H2,1-2H3. The highest BCUT2D eigenvalue weighted by Crippen LogP contribution is 2.12. The van der Waals surface area contributed by atoms with Crippen molar-refractivity contribution in [1.82, 2.24) is 4.57 Å². The third-order valence-corrected chi connectivity index (χ3v) is 3.83. The van der Waals surface area contributed by atoms with E-state index in [9.17, 15) is 4.79 Å². The van der Waals surface area contributed by atoms with E-state index in [1.807, 2.05) is 38.1 Å². The van der Waals surface area contributed by atoms with Crippen LogP contribution in [0.25, 0.3) is 0 Å². The van der Waals surface area contributed by atoms with Gasteiger partial charge in [0, 0.05) is 23.5 Å². The van der Waals surface area contributed by atoms with Gasteiger partial charge in [0.1, 0.15) is 5.49 Å². The molecule has 0 amide bonds. The summed E-state index contributed by atoms with van der Waals surface area (Å²) in [4.78, 5) is 18.1. The molecule has 0 aliphatic heterocycles. The van der Waals surface area contributed by atoms with Gasteiger partial charge >= 0.3 is 0 Å². The molecule has 0 saturated heterocycles. The van der Waals surface area contributed by atoms with Gasteiger partial charge in [0.05, 0.1) is 0 Å². The Morgan fingerprint density at radius 3 is 2.85 bits per heavy atom. The molecule has 0 aromatic carbocycles. The van der Waals surface area contributed by atoms with E-state index < -0.39 is 0 Å². The van der Waals surface area contributed by atoms with E-state index in [4.69, 9.17) is 0 Å². The number of hydrogen-bond donors (Lipinski definition) is 0. The zero-order valence-corrected chi connectivity index (χ0v) is 12.8. The summed E-state index contributed by atoms with van der Waals surface area (Å²) < 4.78 is 1.66. The highest BCUT2D eigenvalue weighted by atomic mass is 32.1. The van der Waals surface area contributed by atoms with Crippen LogP contribution in [0.2, 0.25) is 0 Å². The molecule has 0 spiro atoms. The van der Waals surface area contributed by atoms with E-state index in [0.29, 0.717) is 6.42 Å². The van der Waals surface area contributed by atoms with Gasteiger partial charge in [0.15, 0.2) is 0 Å². The van der Waals surface area contributed by atoms with Crippen molar-refractivity contribution in [3.63, 3.8) is 0 Å². The van der Waals surface area contributed by atoms with Crippen LogP contribution in [-0.2, 0) is 6.42 Å². The van der Waals surface area contributed by atoms with Crippen LogP contribution in [0.4, 0.5) is 0 Å². The molecule has 4 heteroatoms. The van der Waals surface area contributed by atoms with Gasteiger partial charge in [0.2, 0.25) is 5.91 Å². The maximum atomic E-state index is 12.3. The third kappa shape index (κ3) is 4.17. The van der Waals surface area contributed by atoms with Gasteiger partial charge in [-0.3, -0.25) is 14.4 Å². The van der Waals surface area contributed by atoms with E-state index in [2.05, 4.69) is 16.4 Å². The predicted molar refractivity (Wildman–Crippen MR) is 83.0 cm³/mol. The summed E-state index contributed by atoms with van der Waals surface area (Å²) >= 11 is 1.75. The number of rotatable bonds is 5. The van der Waals surface area contributed by atoms with Gasteiger partial charge in [-0.15, -0.1) is 11.3 Å². The van der Waals surface area contributed by atoms with E-state index >= 15 is 0 Å². The van der Waals surface area contributed by atoms with Crippen LogP contribution in [0.1, 0.15) is 36.4 Å². The van der Waals surface area contributed by atoms with E-state index in [1.54, 1.807) is 22.1 Å². The normalized spacial score (nSPS) is 12.1. The van der Waals surface area contributed by atoms with Gasteiger partial charge in [-0.25, -0.2) is 0 Å². The second-order valence-corrected chi connectivity index (χ2v) is 6.01. The maximum Gasteiger partial charge on any atom is 0.232 e. The second-order valence-electron chi connectivity index (χ2n) is 4.98. The van der Waals surface area contributed by atoms with Crippen molar-refractivity contribution in [3.05, 3.63) is 52.3 Å². The molecule has 0 N–H and O–H groups in total. The number of hydrogen-bond acceptors (Lipinski definition) is 3.